The van der Waals surface area contributed by atoms with Gasteiger partial charge in [-0.3, -0.25) is 4.57 Å². The Morgan fingerprint density at radius 2 is 0.983 bits per heavy atom. The molecule has 268 valence electrons. The van der Waals surface area contributed by atoms with Crippen molar-refractivity contribution in [3.8, 4) is 50.5 Å². The molecule has 0 fully saturated rings. The van der Waals surface area contributed by atoms with E-state index in [1.165, 1.54) is 88.0 Å². The molecular formula is C56H34N2. The molecule has 13 rings (SSSR count). The van der Waals surface area contributed by atoms with Gasteiger partial charge in [0.2, 0.25) is 0 Å². The van der Waals surface area contributed by atoms with Crippen LogP contribution in [0.1, 0.15) is 22.3 Å². The smallest absolute Gasteiger partial charge is 0.145 e. The highest BCUT2D eigenvalue weighted by atomic mass is 15.1. The van der Waals surface area contributed by atoms with Gasteiger partial charge in [-0.15, -0.1) is 0 Å². The van der Waals surface area contributed by atoms with Crippen LogP contribution in [-0.4, -0.2) is 9.55 Å². The first-order chi connectivity index (χ1) is 28.8. The third kappa shape index (κ3) is 4.08. The first kappa shape index (κ1) is 31.6. The number of fused-ring (bicyclic) bond motifs is 18. The highest BCUT2D eigenvalue weighted by molar-refractivity contribution is 6.21. The molecule has 0 saturated heterocycles. The minimum absolute atomic E-state index is 0.478. The Morgan fingerprint density at radius 1 is 0.379 bits per heavy atom. The third-order valence-electron chi connectivity index (χ3n) is 13.0. The van der Waals surface area contributed by atoms with Crippen molar-refractivity contribution < 1.29 is 0 Å². The number of para-hydroxylation sites is 2. The summed E-state index contributed by atoms with van der Waals surface area (Å²) in [6.45, 7) is 0. The predicted octanol–water partition coefficient (Wildman–Crippen LogP) is 14.2. The number of benzene rings is 10. The standard InChI is InChI=1S/C56H34N2/c1-2-14-36(15-3-1)55-57-50-24-12-13-25-51(50)58(55)39-30-26-35(27-31-39)37-28-32-40-38(34-37)29-33-47-52-45-20-6-4-16-41(45)42-17-5-7-21-46(42)54(52)56(53(40)47)48-22-10-8-18-43(48)44-19-9-11-23-49(44)56/h1-34H. The highest BCUT2D eigenvalue weighted by Gasteiger charge is 2.53. The molecule has 58 heavy (non-hydrogen) atoms. The number of hydrogen-bond acceptors (Lipinski definition) is 1. The molecule has 11 aromatic rings. The molecule has 0 bridgehead atoms. The lowest BCUT2D eigenvalue weighted by Crippen LogP contribution is -2.26. The summed E-state index contributed by atoms with van der Waals surface area (Å²) in [6.07, 6.45) is 0. The minimum Gasteiger partial charge on any atom is -0.292 e. The second-order valence-electron chi connectivity index (χ2n) is 15.8. The fourth-order valence-corrected chi connectivity index (χ4v) is 10.7. The summed E-state index contributed by atoms with van der Waals surface area (Å²) in [5.41, 5.74) is 17.0. The van der Waals surface area contributed by atoms with Crippen molar-refractivity contribution in [3.63, 3.8) is 0 Å². The van der Waals surface area contributed by atoms with Crippen LogP contribution in [0.4, 0.5) is 0 Å². The van der Waals surface area contributed by atoms with Gasteiger partial charge in [-0.05, 0) is 118 Å². The van der Waals surface area contributed by atoms with Gasteiger partial charge in [-0.25, -0.2) is 4.98 Å². The summed E-state index contributed by atoms with van der Waals surface area (Å²) < 4.78 is 2.28. The molecule has 0 amide bonds. The number of hydrogen-bond donors (Lipinski definition) is 0. The van der Waals surface area contributed by atoms with Crippen molar-refractivity contribution in [1.29, 1.82) is 0 Å². The van der Waals surface area contributed by atoms with Crippen LogP contribution in [0.5, 0.6) is 0 Å². The average molecular weight is 735 g/mol. The SMILES string of the molecule is c1ccc(-c2nc3ccccc3n2-c2ccc(-c3ccc4c5c(ccc4c3)-c3c(c4ccccc4c4ccccc34)C53c4ccccc4-c4ccccc43)cc2)cc1. The molecule has 2 heteroatoms. The quantitative estimate of drug-likeness (QED) is 0.165. The van der Waals surface area contributed by atoms with Crippen molar-refractivity contribution in [2.45, 2.75) is 5.41 Å². The van der Waals surface area contributed by atoms with Crippen LogP contribution in [0.15, 0.2) is 206 Å². The molecule has 2 aliphatic rings. The molecule has 0 unspecified atom stereocenters. The Balaban J connectivity index is 1.04. The van der Waals surface area contributed by atoms with E-state index in [-0.39, 0.29) is 0 Å². The summed E-state index contributed by atoms with van der Waals surface area (Å²) in [5.74, 6) is 0.944. The molecule has 0 radical (unpaired) electrons. The fourth-order valence-electron chi connectivity index (χ4n) is 10.7. The Labute approximate surface area is 335 Å². The lowest BCUT2D eigenvalue weighted by molar-refractivity contribution is 0.809. The van der Waals surface area contributed by atoms with Crippen molar-refractivity contribution >= 4 is 43.4 Å². The van der Waals surface area contributed by atoms with Gasteiger partial charge in [-0.2, -0.15) is 0 Å². The van der Waals surface area contributed by atoms with E-state index in [9.17, 15) is 0 Å². The Hall–Kier alpha value is -7.55. The molecule has 0 saturated carbocycles. The normalized spacial score (nSPS) is 13.3. The van der Waals surface area contributed by atoms with E-state index in [4.69, 9.17) is 4.98 Å². The second-order valence-corrected chi connectivity index (χ2v) is 15.8. The summed E-state index contributed by atoms with van der Waals surface area (Å²) >= 11 is 0. The number of rotatable bonds is 3. The molecule has 1 heterocycles. The lowest BCUT2D eigenvalue weighted by atomic mass is 9.68. The topological polar surface area (TPSA) is 17.8 Å². The zero-order valence-electron chi connectivity index (χ0n) is 31.5. The van der Waals surface area contributed by atoms with Crippen molar-refractivity contribution in [1.82, 2.24) is 9.55 Å². The van der Waals surface area contributed by atoms with Crippen molar-refractivity contribution in [2.75, 3.05) is 0 Å². The molecule has 0 N–H and O–H groups in total. The highest BCUT2D eigenvalue weighted by Crippen LogP contribution is 2.66. The van der Waals surface area contributed by atoms with Gasteiger partial charge in [0.25, 0.3) is 0 Å². The monoisotopic (exact) mass is 734 g/mol. The third-order valence-corrected chi connectivity index (χ3v) is 13.0. The van der Waals surface area contributed by atoms with E-state index >= 15 is 0 Å². The molecule has 0 atom stereocenters. The van der Waals surface area contributed by atoms with Gasteiger partial charge in [0, 0.05) is 11.3 Å². The van der Waals surface area contributed by atoms with Crippen LogP contribution >= 0.6 is 0 Å². The van der Waals surface area contributed by atoms with Gasteiger partial charge in [0.15, 0.2) is 0 Å². The number of imidazole rings is 1. The van der Waals surface area contributed by atoms with Crippen LogP contribution < -0.4 is 0 Å². The van der Waals surface area contributed by atoms with Gasteiger partial charge < -0.3 is 0 Å². The predicted molar refractivity (Wildman–Crippen MR) is 241 cm³/mol. The van der Waals surface area contributed by atoms with Gasteiger partial charge >= 0.3 is 0 Å². The minimum atomic E-state index is -0.478. The Morgan fingerprint density at radius 3 is 1.74 bits per heavy atom. The molecule has 1 spiro atoms. The van der Waals surface area contributed by atoms with Crippen molar-refractivity contribution in [3.05, 3.63) is 229 Å². The summed E-state index contributed by atoms with van der Waals surface area (Å²) in [5, 5.41) is 7.79. The van der Waals surface area contributed by atoms with E-state index in [1.54, 1.807) is 0 Å². The zero-order valence-corrected chi connectivity index (χ0v) is 31.5. The maximum Gasteiger partial charge on any atom is 0.145 e. The Bertz CT molecular complexity index is 3450. The van der Waals surface area contributed by atoms with Crippen LogP contribution in [0.2, 0.25) is 0 Å². The lowest BCUT2D eigenvalue weighted by Gasteiger charge is -2.32. The van der Waals surface area contributed by atoms with Gasteiger partial charge in [0.05, 0.1) is 16.4 Å². The van der Waals surface area contributed by atoms with Gasteiger partial charge in [0.1, 0.15) is 5.82 Å². The Kier molecular flexibility index (Phi) is 6.40. The van der Waals surface area contributed by atoms with Crippen LogP contribution in [0.25, 0.3) is 93.8 Å². The molecule has 0 aliphatic heterocycles. The molecule has 10 aromatic carbocycles. The average Bonchev–Trinajstić information content (AvgIpc) is 3.94. The summed E-state index contributed by atoms with van der Waals surface area (Å²) in [4.78, 5) is 5.07. The second kappa shape index (κ2) is 11.7. The molecule has 2 nitrogen and oxygen atoms in total. The largest absolute Gasteiger partial charge is 0.292 e. The summed E-state index contributed by atoms with van der Waals surface area (Å²) in [7, 11) is 0. The van der Waals surface area contributed by atoms with Gasteiger partial charge in [-0.1, -0.05) is 176 Å². The van der Waals surface area contributed by atoms with E-state index in [2.05, 4.69) is 211 Å². The first-order valence-electron chi connectivity index (χ1n) is 20.1. The van der Waals surface area contributed by atoms with Crippen LogP contribution in [-0.2, 0) is 5.41 Å². The first-order valence-corrected chi connectivity index (χ1v) is 20.1. The molecular weight excluding hydrogens is 701 g/mol. The van der Waals surface area contributed by atoms with E-state index in [0.29, 0.717) is 0 Å². The number of aromatic nitrogens is 2. The van der Waals surface area contributed by atoms with Crippen molar-refractivity contribution in [2.24, 2.45) is 0 Å². The zero-order chi connectivity index (χ0) is 38.0. The van der Waals surface area contributed by atoms with E-state index in [1.807, 2.05) is 0 Å². The molecule has 2 aliphatic carbocycles. The molecule has 1 aromatic heterocycles. The summed E-state index contributed by atoms with van der Waals surface area (Å²) in [6, 6.07) is 76.1. The maximum absolute atomic E-state index is 5.07. The fraction of sp³-hybridized carbons (Fsp3) is 0.0179. The van der Waals surface area contributed by atoms with Crippen LogP contribution in [0.3, 0.4) is 0 Å². The van der Waals surface area contributed by atoms with E-state index in [0.717, 1.165) is 28.1 Å². The maximum atomic E-state index is 5.07. The van der Waals surface area contributed by atoms with Crippen LogP contribution in [0, 0.1) is 0 Å². The van der Waals surface area contributed by atoms with E-state index < -0.39 is 5.41 Å². The number of nitrogens with zero attached hydrogens (tertiary/aromatic N) is 2.